The lowest BCUT2D eigenvalue weighted by molar-refractivity contribution is 0.00578. The molecule has 18 heavy (non-hydrogen) atoms. The monoisotopic (exact) mass is 252 g/mol. The number of carbonyl (C=O) groups is 1. The largest absolute Gasteiger partial charge is 0.498 e. The van der Waals surface area contributed by atoms with Crippen molar-refractivity contribution < 1.29 is 18.8 Å². The molecule has 0 atom stereocenters. The summed E-state index contributed by atoms with van der Waals surface area (Å²) in [6.45, 7) is 7.88. The predicted octanol–water partition coefficient (Wildman–Crippen LogP) is 0.797. The van der Waals surface area contributed by atoms with Crippen LogP contribution in [0.2, 0.25) is 0 Å². The fraction of sp³-hybridized carbons (Fsp3) is 0.636. The first-order valence-corrected chi connectivity index (χ1v) is 5.75. The molecule has 6 nitrogen and oxygen atoms in total. The maximum Gasteiger partial charge on any atom is 0.498 e. The number of hydrogen-bond donors (Lipinski definition) is 0. The van der Waals surface area contributed by atoms with Gasteiger partial charge in [0.2, 0.25) is 0 Å². The minimum Gasteiger partial charge on any atom is -0.451 e. The van der Waals surface area contributed by atoms with Gasteiger partial charge in [-0.1, -0.05) is 0 Å². The van der Waals surface area contributed by atoms with Crippen LogP contribution in [0.5, 0.6) is 0 Å². The number of aromatic nitrogens is 2. The molecule has 0 aromatic carbocycles. The first kappa shape index (κ1) is 13.1. The van der Waals surface area contributed by atoms with Gasteiger partial charge in [-0.15, -0.1) is 0 Å². The Kier molecular flexibility index (Phi) is 2.99. The normalized spacial score (nSPS) is 21.1. The van der Waals surface area contributed by atoms with Crippen molar-refractivity contribution in [3.05, 3.63) is 12.4 Å². The summed E-state index contributed by atoms with van der Waals surface area (Å²) in [6, 6.07) is 0. The number of hydrogen-bond acceptors (Lipinski definition) is 5. The van der Waals surface area contributed by atoms with Crippen molar-refractivity contribution in [2.45, 2.75) is 38.9 Å². The van der Waals surface area contributed by atoms with Crippen LogP contribution in [0.4, 0.5) is 4.79 Å². The highest BCUT2D eigenvalue weighted by Gasteiger charge is 2.52. The molecule has 0 amide bonds. The lowest BCUT2D eigenvalue weighted by atomic mass is 9.82. The first-order chi connectivity index (χ1) is 8.27. The van der Waals surface area contributed by atoms with Crippen LogP contribution < -0.4 is 5.46 Å². The Morgan fingerprint density at radius 3 is 2.39 bits per heavy atom. The van der Waals surface area contributed by atoms with Gasteiger partial charge in [-0.05, 0) is 27.7 Å². The molecule has 2 rings (SSSR count). The van der Waals surface area contributed by atoms with Gasteiger partial charge in [0.1, 0.15) is 0 Å². The van der Waals surface area contributed by atoms with Crippen LogP contribution in [0.15, 0.2) is 12.4 Å². The van der Waals surface area contributed by atoms with Crippen LogP contribution in [0, 0.1) is 0 Å². The van der Waals surface area contributed by atoms with Gasteiger partial charge in [0, 0.05) is 17.9 Å². The van der Waals surface area contributed by atoms with E-state index < -0.39 is 24.4 Å². The predicted molar refractivity (Wildman–Crippen MR) is 65.7 cm³/mol. The molecule has 1 fully saturated rings. The fourth-order valence-corrected chi connectivity index (χ4v) is 1.63. The second kappa shape index (κ2) is 4.10. The van der Waals surface area contributed by atoms with E-state index >= 15 is 0 Å². The van der Waals surface area contributed by atoms with E-state index in [9.17, 15) is 4.79 Å². The average molecular weight is 252 g/mol. The van der Waals surface area contributed by atoms with Crippen LogP contribution in [-0.4, -0.2) is 41.3 Å². The number of nitrogens with zero attached hydrogens (tertiary/aromatic N) is 2. The highest BCUT2D eigenvalue weighted by Crippen LogP contribution is 2.36. The van der Waals surface area contributed by atoms with Gasteiger partial charge in [-0.3, -0.25) is 0 Å². The summed E-state index contributed by atoms with van der Waals surface area (Å²) in [4.78, 5) is 11.3. The van der Waals surface area contributed by atoms with Crippen LogP contribution in [0.1, 0.15) is 27.7 Å². The molecular weight excluding hydrogens is 235 g/mol. The van der Waals surface area contributed by atoms with Crippen molar-refractivity contribution in [2.24, 2.45) is 0 Å². The van der Waals surface area contributed by atoms with E-state index in [1.807, 2.05) is 27.7 Å². The summed E-state index contributed by atoms with van der Waals surface area (Å²) in [6.07, 6.45) is 2.55. The van der Waals surface area contributed by atoms with Gasteiger partial charge >= 0.3 is 13.2 Å². The molecule has 0 spiro atoms. The third-order valence-electron chi connectivity index (χ3n) is 3.49. The van der Waals surface area contributed by atoms with Crippen molar-refractivity contribution in [2.75, 3.05) is 7.11 Å². The maximum absolute atomic E-state index is 11.3. The van der Waals surface area contributed by atoms with E-state index in [0.717, 1.165) is 4.68 Å². The summed E-state index contributed by atoms with van der Waals surface area (Å²) in [5.41, 5.74) is -0.130. The zero-order valence-electron chi connectivity index (χ0n) is 11.3. The Bertz CT molecular complexity index is 453. The number of carbonyl (C=O) groups excluding carboxylic acids is 1. The molecule has 2 heterocycles. The number of methoxy groups -OCH3 is 1. The standard InChI is InChI=1S/C11H17BN2O4/c1-10(2)11(3,4)18-12(17-10)8-6-13-14(7-8)9(15)16-5/h6-7H,1-5H3. The van der Waals surface area contributed by atoms with Crippen molar-refractivity contribution in [3.63, 3.8) is 0 Å². The minimum atomic E-state index is -0.544. The number of ether oxygens (including phenoxy) is 1. The number of rotatable bonds is 1. The highest BCUT2D eigenvalue weighted by atomic mass is 16.7. The van der Waals surface area contributed by atoms with E-state index in [1.165, 1.54) is 7.11 Å². The fourth-order valence-electron chi connectivity index (χ4n) is 1.63. The summed E-state index contributed by atoms with van der Waals surface area (Å²) >= 11 is 0. The second-order valence-electron chi connectivity index (χ2n) is 5.28. The molecule has 0 unspecified atom stereocenters. The SMILES string of the molecule is COC(=O)n1cc(B2OC(C)(C)C(C)(C)O2)cn1. The van der Waals surface area contributed by atoms with Gasteiger partial charge < -0.3 is 14.0 Å². The van der Waals surface area contributed by atoms with Gasteiger partial charge in [-0.2, -0.15) is 9.78 Å². The molecule has 1 aromatic heterocycles. The molecule has 0 N–H and O–H groups in total. The molecule has 7 heteroatoms. The van der Waals surface area contributed by atoms with Crippen LogP contribution in [0.3, 0.4) is 0 Å². The van der Waals surface area contributed by atoms with E-state index in [0.29, 0.717) is 5.46 Å². The zero-order chi connectivity index (χ0) is 13.6. The molecular formula is C11H17BN2O4. The smallest absolute Gasteiger partial charge is 0.451 e. The van der Waals surface area contributed by atoms with Crippen molar-refractivity contribution >= 4 is 18.7 Å². The highest BCUT2D eigenvalue weighted by molar-refractivity contribution is 6.62. The van der Waals surface area contributed by atoms with Crippen LogP contribution in [0.25, 0.3) is 0 Å². The van der Waals surface area contributed by atoms with Gasteiger partial charge in [-0.25, -0.2) is 4.79 Å². The maximum atomic E-state index is 11.3. The minimum absolute atomic E-state index is 0.412. The molecule has 1 saturated heterocycles. The second-order valence-corrected chi connectivity index (χ2v) is 5.28. The van der Waals surface area contributed by atoms with Crippen molar-refractivity contribution in [3.8, 4) is 0 Å². The first-order valence-electron chi connectivity index (χ1n) is 5.75. The van der Waals surface area contributed by atoms with E-state index in [4.69, 9.17) is 9.31 Å². The van der Waals surface area contributed by atoms with Crippen LogP contribution >= 0.6 is 0 Å². The Morgan fingerprint density at radius 2 is 1.89 bits per heavy atom. The van der Waals surface area contributed by atoms with Gasteiger partial charge in [0.15, 0.2) is 0 Å². The zero-order valence-corrected chi connectivity index (χ0v) is 11.3. The molecule has 0 aliphatic carbocycles. The average Bonchev–Trinajstić information content (AvgIpc) is 2.82. The Morgan fingerprint density at radius 1 is 1.33 bits per heavy atom. The van der Waals surface area contributed by atoms with Crippen LogP contribution in [-0.2, 0) is 14.0 Å². The summed E-state index contributed by atoms with van der Waals surface area (Å²) < 4.78 is 17.4. The molecule has 0 bridgehead atoms. The Hall–Kier alpha value is -1.34. The van der Waals surface area contributed by atoms with E-state index in [2.05, 4.69) is 9.84 Å². The van der Waals surface area contributed by atoms with E-state index in [1.54, 1.807) is 12.4 Å². The quantitative estimate of drug-likeness (QED) is 0.691. The molecule has 98 valence electrons. The molecule has 1 aliphatic heterocycles. The summed E-state index contributed by atoms with van der Waals surface area (Å²) in [5.74, 6) is 0. The summed E-state index contributed by atoms with van der Waals surface area (Å²) in [7, 11) is 0.784. The summed E-state index contributed by atoms with van der Waals surface area (Å²) in [5, 5.41) is 3.91. The Balaban J connectivity index is 2.20. The topological polar surface area (TPSA) is 62.6 Å². The Labute approximate surface area is 106 Å². The third kappa shape index (κ3) is 2.04. The molecule has 1 aliphatic rings. The molecule has 0 radical (unpaired) electrons. The lowest BCUT2D eigenvalue weighted by Crippen LogP contribution is -2.41. The van der Waals surface area contributed by atoms with Crippen molar-refractivity contribution in [1.29, 1.82) is 0 Å². The van der Waals surface area contributed by atoms with Crippen molar-refractivity contribution in [1.82, 2.24) is 9.78 Å². The lowest BCUT2D eigenvalue weighted by Gasteiger charge is -2.32. The molecule has 0 saturated carbocycles. The third-order valence-corrected chi connectivity index (χ3v) is 3.49. The van der Waals surface area contributed by atoms with Gasteiger partial charge in [0.05, 0.1) is 18.3 Å². The molecule has 1 aromatic rings. The van der Waals surface area contributed by atoms with E-state index in [-0.39, 0.29) is 0 Å². The van der Waals surface area contributed by atoms with Gasteiger partial charge in [0.25, 0.3) is 0 Å².